The van der Waals surface area contributed by atoms with Crippen LogP contribution < -0.4 is 9.47 Å². The molecule has 0 aromatic carbocycles. The minimum absolute atomic E-state index is 0.567. The van der Waals surface area contributed by atoms with E-state index in [1.165, 1.54) is 0 Å². The van der Waals surface area contributed by atoms with Crippen molar-refractivity contribution in [3.63, 3.8) is 0 Å². The van der Waals surface area contributed by atoms with E-state index in [-0.39, 0.29) is 0 Å². The fourth-order valence-electron chi connectivity index (χ4n) is 0.974. The Morgan fingerprint density at radius 3 is 2.79 bits per heavy atom. The van der Waals surface area contributed by atoms with Gasteiger partial charge in [0.05, 0.1) is 13.2 Å². The van der Waals surface area contributed by atoms with Gasteiger partial charge in [-0.3, -0.25) is 0 Å². The van der Waals surface area contributed by atoms with Crippen molar-refractivity contribution in [3.05, 3.63) is 16.7 Å². The SMILES string of the molecule is CCCOc1ncc(Br)cc1OCC. The van der Waals surface area contributed by atoms with Gasteiger partial charge in [-0.2, -0.15) is 0 Å². The van der Waals surface area contributed by atoms with Gasteiger partial charge < -0.3 is 9.47 Å². The lowest BCUT2D eigenvalue weighted by Crippen LogP contribution is -2.01. The third-order valence-corrected chi connectivity index (χ3v) is 1.96. The Kier molecular flexibility index (Phi) is 4.73. The number of halogens is 1. The van der Waals surface area contributed by atoms with Gasteiger partial charge in [-0.15, -0.1) is 0 Å². The molecule has 0 amide bonds. The van der Waals surface area contributed by atoms with E-state index in [1.54, 1.807) is 6.20 Å². The van der Waals surface area contributed by atoms with E-state index in [0.29, 0.717) is 24.8 Å². The summed E-state index contributed by atoms with van der Waals surface area (Å²) in [5, 5.41) is 0. The van der Waals surface area contributed by atoms with E-state index in [2.05, 4.69) is 27.8 Å². The highest BCUT2D eigenvalue weighted by molar-refractivity contribution is 9.10. The molecule has 0 fully saturated rings. The van der Waals surface area contributed by atoms with E-state index in [4.69, 9.17) is 9.47 Å². The first-order chi connectivity index (χ1) is 6.77. The van der Waals surface area contributed by atoms with Crippen molar-refractivity contribution in [2.75, 3.05) is 13.2 Å². The normalized spacial score (nSPS) is 9.93. The summed E-state index contributed by atoms with van der Waals surface area (Å²) in [4.78, 5) is 4.14. The lowest BCUT2D eigenvalue weighted by molar-refractivity contribution is 0.266. The molecule has 0 radical (unpaired) electrons. The largest absolute Gasteiger partial charge is 0.488 e. The maximum Gasteiger partial charge on any atom is 0.257 e. The van der Waals surface area contributed by atoms with Gasteiger partial charge in [0.2, 0.25) is 0 Å². The maximum absolute atomic E-state index is 5.44. The lowest BCUT2D eigenvalue weighted by Gasteiger charge is -2.09. The molecule has 0 bridgehead atoms. The third-order valence-electron chi connectivity index (χ3n) is 1.53. The summed E-state index contributed by atoms with van der Waals surface area (Å²) >= 11 is 3.34. The quantitative estimate of drug-likeness (QED) is 0.815. The molecule has 0 aliphatic carbocycles. The van der Waals surface area contributed by atoms with E-state index >= 15 is 0 Å². The second-order valence-corrected chi connectivity index (χ2v) is 3.65. The second kappa shape index (κ2) is 5.86. The van der Waals surface area contributed by atoms with E-state index in [9.17, 15) is 0 Å². The zero-order chi connectivity index (χ0) is 10.4. The molecule has 0 saturated carbocycles. The molecule has 1 rings (SSSR count). The number of ether oxygens (including phenoxy) is 2. The van der Waals surface area contributed by atoms with Crippen molar-refractivity contribution in [3.8, 4) is 11.6 Å². The highest BCUT2D eigenvalue weighted by Crippen LogP contribution is 2.27. The number of nitrogens with zero attached hydrogens (tertiary/aromatic N) is 1. The van der Waals surface area contributed by atoms with Crippen LogP contribution in [0.4, 0.5) is 0 Å². The van der Waals surface area contributed by atoms with Crippen LogP contribution >= 0.6 is 15.9 Å². The molecule has 0 aliphatic heterocycles. The molecule has 1 aromatic rings. The van der Waals surface area contributed by atoms with Crippen LogP contribution in [0.1, 0.15) is 20.3 Å². The Labute approximate surface area is 92.6 Å². The minimum Gasteiger partial charge on any atom is -0.488 e. The highest BCUT2D eigenvalue weighted by atomic mass is 79.9. The average molecular weight is 260 g/mol. The van der Waals surface area contributed by atoms with Crippen LogP contribution in [0, 0.1) is 0 Å². The predicted octanol–water partition coefficient (Wildman–Crippen LogP) is 3.03. The molecular formula is C10H14BrNO2. The summed E-state index contributed by atoms with van der Waals surface area (Å²) in [6, 6.07) is 1.86. The van der Waals surface area contributed by atoms with Crippen LogP contribution in [0.5, 0.6) is 11.6 Å². The summed E-state index contributed by atoms with van der Waals surface area (Å²) in [5.41, 5.74) is 0. The Hall–Kier alpha value is -0.770. The van der Waals surface area contributed by atoms with Crippen molar-refractivity contribution in [2.45, 2.75) is 20.3 Å². The molecule has 4 heteroatoms. The molecule has 0 unspecified atom stereocenters. The van der Waals surface area contributed by atoms with Crippen LogP contribution in [0.25, 0.3) is 0 Å². The standard InChI is InChI=1S/C10H14BrNO2/c1-3-5-14-10-9(13-4-2)6-8(11)7-12-10/h6-7H,3-5H2,1-2H3. The maximum atomic E-state index is 5.44. The second-order valence-electron chi connectivity index (χ2n) is 2.74. The van der Waals surface area contributed by atoms with Gasteiger partial charge in [0.25, 0.3) is 5.88 Å². The first-order valence-electron chi connectivity index (χ1n) is 4.69. The highest BCUT2D eigenvalue weighted by Gasteiger charge is 2.06. The Balaban J connectivity index is 2.78. The van der Waals surface area contributed by atoms with Crippen molar-refractivity contribution in [2.24, 2.45) is 0 Å². The average Bonchev–Trinajstić information content (AvgIpc) is 2.17. The summed E-state index contributed by atoms with van der Waals surface area (Å²) < 4.78 is 11.7. The molecule has 0 saturated heterocycles. The molecule has 78 valence electrons. The zero-order valence-electron chi connectivity index (χ0n) is 8.42. The van der Waals surface area contributed by atoms with Gasteiger partial charge in [-0.1, -0.05) is 6.92 Å². The molecule has 14 heavy (non-hydrogen) atoms. The zero-order valence-corrected chi connectivity index (χ0v) is 10.0. The molecule has 3 nitrogen and oxygen atoms in total. The van der Waals surface area contributed by atoms with Gasteiger partial charge in [0, 0.05) is 16.7 Å². The Bertz CT molecular complexity index is 291. The monoisotopic (exact) mass is 259 g/mol. The molecule has 0 spiro atoms. The molecule has 0 N–H and O–H groups in total. The molecular weight excluding hydrogens is 246 g/mol. The number of hydrogen-bond donors (Lipinski definition) is 0. The molecule has 0 atom stereocenters. The van der Waals surface area contributed by atoms with Crippen LogP contribution in [0.2, 0.25) is 0 Å². The lowest BCUT2D eigenvalue weighted by atomic mass is 10.4. The van der Waals surface area contributed by atoms with Crippen LogP contribution in [-0.4, -0.2) is 18.2 Å². The van der Waals surface area contributed by atoms with Gasteiger partial charge in [-0.05, 0) is 29.3 Å². The predicted molar refractivity (Wildman–Crippen MR) is 58.9 cm³/mol. The van der Waals surface area contributed by atoms with E-state index in [1.807, 2.05) is 13.0 Å². The van der Waals surface area contributed by atoms with Gasteiger partial charge in [0.15, 0.2) is 5.75 Å². The first kappa shape index (κ1) is 11.3. The minimum atomic E-state index is 0.567. The number of aromatic nitrogens is 1. The molecule has 1 aromatic heterocycles. The number of rotatable bonds is 5. The van der Waals surface area contributed by atoms with Crippen LogP contribution in [0.3, 0.4) is 0 Å². The third kappa shape index (κ3) is 3.18. The summed E-state index contributed by atoms with van der Waals surface area (Å²) in [6.07, 6.45) is 2.66. The Morgan fingerprint density at radius 1 is 1.36 bits per heavy atom. The molecule has 1 heterocycles. The van der Waals surface area contributed by atoms with Crippen molar-refractivity contribution in [1.82, 2.24) is 4.98 Å². The fraction of sp³-hybridized carbons (Fsp3) is 0.500. The van der Waals surface area contributed by atoms with Crippen molar-refractivity contribution < 1.29 is 9.47 Å². The smallest absolute Gasteiger partial charge is 0.257 e. The van der Waals surface area contributed by atoms with Crippen LogP contribution in [0.15, 0.2) is 16.7 Å². The van der Waals surface area contributed by atoms with E-state index < -0.39 is 0 Å². The van der Waals surface area contributed by atoms with Gasteiger partial charge in [0.1, 0.15) is 0 Å². The first-order valence-corrected chi connectivity index (χ1v) is 5.48. The topological polar surface area (TPSA) is 31.4 Å². The Morgan fingerprint density at radius 2 is 2.14 bits per heavy atom. The summed E-state index contributed by atoms with van der Waals surface area (Å²) in [5.74, 6) is 1.26. The van der Waals surface area contributed by atoms with Crippen LogP contribution in [-0.2, 0) is 0 Å². The number of hydrogen-bond acceptors (Lipinski definition) is 3. The fourth-order valence-corrected chi connectivity index (χ4v) is 1.28. The van der Waals surface area contributed by atoms with Crippen molar-refractivity contribution in [1.29, 1.82) is 0 Å². The van der Waals surface area contributed by atoms with Gasteiger partial charge >= 0.3 is 0 Å². The van der Waals surface area contributed by atoms with Gasteiger partial charge in [-0.25, -0.2) is 4.98 Å². The summed E-state index contributed by atoms with van der Waals surface area (Å²) in [7, 11) is 0. The number of pyridine rings is 1. The summed E-state index contributed by atoms with van der Waals surface area (Å²) in [6.45, 7) is 5.26. The van der Waals surface area contributed by atoms with E-state index in [0.717, 1.165) is 10.9 Å². The van der Waals surface area contributed by atoms with Crippen molar-refractivity contribution >= 4 is 15.9 Å². The molecule has 0 aliphatic rings.